The molecule has 0 unspecified atom stereocenters. The van der Waals surface area contributed by atoms with Crippen molar-refractivity contribution in [2.75, 3.05) is 0 Å². The van der Waals surface area contributed by atoms with E-state index in [1.54, 1.807) is 0 Å². The fraction of sp³-hybridized carbons (Fsp3) is 0.308. The molecule has 0 amide bonds. The molecule has 20 heavy (non-hydrogen) atoms. The van der Waals surface area contributed by atoms with Gasteiger partial charge in [-0.3, -0.25) is 0 Å². The van der Waals surface area contributed by atoms with E-state index in [1.165, 1.54) is 0 Å². The molecule has 0 aromatic heterocycles. The summed E-state index contributed by atoms with van der Waals surface area (Å²) in [6.07, 6.45) is 0. The minimum atomic E-state index is -1.37. The first-order valence-electron chi connectivity index (χ1n) is 5.55. The zero-order chi connectivity index (χ0) is 16.1. The Morgan fingerprint density at radius 2 is 0.950 bits per heavy atom. The van der Waals surface area contributed by atoms with Crippen molar-refractivity contribution in [3.05, 3.63) is 34.9 Å². The third-order valence-corrected chi connectivity index (χ3v) is 1.67. The lowest BCUT2D eigenvalue weighted by Gasteiger charge is -2.06. The Labute approximate surface area is 115 Å². The first-order valence-corrected chi connectivity index (χ1v) is 5.55. The van der Waals surface area contributed by atoms with Gasteiger partial charge in [0.1, 0.15) is 0 Å². The quantitative estimate of drug-likeness (QED) is 0.659. The van der Waals surface area contributed by atoms with Crippen molar-refractivity contribution in [1.29, 1.82) is 0 Å². The van der Waals surface area contributed by atoms with Gasteiger partial charge in [-0.25, -0.2) is 14.4 Å². The molecular weight excluding hydrogens is 266 g/mol. The summed E-state index contributed by atoms with van der Waals surface area (Å²) in [4.78, 5) is 31.7. The van der Waals surface area contributed by atoms with Crippen molar-refractivity contribution in [1.82, 2.24) is 0 Å². The second-order valence-electron chi connectivity index (χ2n) is 5.08. The molecule has 0 saturated carbocycles. The minimum absolute atomic E-state index is 0. The molecular formula is C13H17NO6. The van der Waals surface area contributed by atoms with Crippen molar-refractivity contribution in [3.63, 3.8) is 0 Å². The summed E-state index contributed by atoms with van der Waals surface area (Å²) in [6, 6.07) is 2.70. The maximum atomic E-state index is 10.6. The molecule has 0 radical (unpaired) electrons. The van der Waals surface area contributed by atoms with Crippen molar-refractivity contribution in [3.8, 4) is 0 Å². The smallest absolute Gasteiger partial charge is 0.335 e. The summed E-state index contributed by atoms with van der Waals surface area (Å²) < 4.78 is 0. The van der Waals surface area contributed by atoms with Crippen molar-refractivity contribution < 1.29 is 29.7 Å². The van der Waals surface area contributed by atoms with Gasteiger partial charge in [0, 0.05) is 5.54 Å². The average molecular weight is 283 g/mol. The van der Waals surface area contributed by atoms with Crippen LogP contribution < -0.4 is 5.73 Å². The summed E-state index contributed by atoms with van der Waals surface area (Å²) in [5.74, 6) is -4.12. The SMILES string of the molecule is CC(C)(C)N.O=C(O)c1cc(C(=O)O)cc(C(=O)O)c1. The zero-order valence-corrected chi connectivity index (χ0v) is 11.4. The largest absolute Gasteiger partial charge is 0.478 e. The monoisotopic (exact) mass is 283 g/mol. The maximum Gasteiger partial charge on any atom is 0.335 e. The van der Waals surface area contributed by atoms with Crippen molar-refractivity contribution in [2.24, 2.45) is 5.73 Å². The molecule has 0 heterocycles. The highest BCUT2D eigenvalue weighted by Crippen LogP contribution is 2.11. The van der Waals surface area contributed by atoms with Crippen molar-refractivity contribution in [2.45, 2.75) is 26.3 Å². The van der Waals surface area contributed by atoms with Crippen LogP contribution in [0, 0.1) is 0 Å². The van der Waals surface area contributed by atoms with Gasteiger partial charge in [0.2, 0.25) is 0 Å². The van der Waals surface area contributed by atoms with Gasteiger partial charge in [-0.05, 0) is 39.0 Å². The number of hydrogen-bond donors (Lipinski definition) is 4. The van der Waals surface area contributed by atoms with Gasteiger partial charge in [-0.2, -0.15) is 0 Å². The molecule has 0 atom stereocenters. The van der Waals surface area contributed by atoms with E-state index < -0.39 is 17.9 Å². The van der Waals surface area contributed by atoms with Crippen LogP contribution in [0.1, 0.15) is 51.8 Å². The van der Waals surface area contributed by atoms with Crippen LogP contribution in [0.25, 0.3) is 0 Å². The van der Waals surface area contributed by atoms with Gasteiger partial charge in [0.05, 0.1) is 16.7 Å². The van der Waals surface area contributed by atoms with Gasteiger partial charge in [-0.15, -0.1) is 0 Å². The molecule has 1 rings (SSSR count). The predicted octanol–water partition coefficient (Wildman–Crippen LogP) is 1.52. The van der Waals surface area contributed by atoms with E-state index in [0.29, 0.717) is 0 Å². The van der Waals surface area contributed by atoms with Crippen LogP contribution in [0.2, 0.25) is 0 Å². The van der Waals surface area contributed by atoms with E-state index >= 15 is 0 Å². The number of carbonyl (C=O) groups is 3. The predicted molar refractivity (Wildman–Crippen MR) is 71.3 cm³/mol. The van der Waals surface area contributed by atoms with Gasteiger partial charge in [0.15, 0.2) is 0 Å². The number of aromatic carboxylic acids is 3. The highest BCUT2D eigenvalue weighted by atomic mass is 16.4. The second-order valence-corrected chi connectivity index (χ2v) is 5.08. The first kappa shape index (κ1) is 17.6. The van der Waals surface area contributed by atoms with Crippen LogP contribution in [0.15, 0.2) is 18.2 Å². The highest BCUT2D eigenvalue weighted by Gasteiger charge is 2.14. The van der Waals surface area contributed by atoms with Gasteiger partial charge < -0.3 is 21.1 Å². The molecule has 5 N–H and O–H groups in total. The standard InChI is InChI=1S/C9H6O6.C4H11N/c10-7(11)4-1-5(8(12)13)3-6(2-4)9(14)15;1-4(2,3)5/h1-3H,(H,10,11)(H,12,13)(H,14,15);5H2,1-3H3. The topological polar surface area (TPSA) is 138 Å². The molecule has 0 bridgehead atoms. The van der Waals surface area contributed by atoms with Gasteiger partial charge in [-0.1, -0.05) is 0 Å². The Morgan fingerprint density at radius 3 is 1.05 bits per heavy atom. The summed E-state index contributed by atoms with van der Waals surface area (Å²) >= 11 is 0. The number of nitrogens with two attached hydrogens (primary N) is 1. The highest BCUT2D eigenvalue weighted by molar-refractivity contribution is 5.98. The van der Waals surface area contributed by atoms with E-state index in [-0.39, 0.29) is 22.2 Å². The number of carboxylic acid groups (broad SMARTS) is 3. The third kappa shape index (κ3) is 7.12. The lowest BCUT2D eigenvalue weighted by molar-refractivity contribution is 0.0696. The fourth-order valence-corrected chi connectivity index (χ4v) is 0.998. The fourth-order valence-electron chi connectivity index (χ4n) is 0.998. The van der Waals surface area contributed by atoms with E-state index in [0.717, 1.165) is 18.2 Å². The Morgan fingerprint density at radius 1 is 0.800 bits per heavy atom. The Bertz CT molecular complexity index is 445. The molecule has 7 heteroatoms. The van der Waals surface area contributed by atoms with Crippen LogP contribution in [-0.4, -0.2) is 38.8 Å². The van der Waals surface area contributed by atoms with Crippen molar-refractivity contribution >= 4 is 17.9 Å². The lowest BCUT2D eigenvalue weighted by atomic mass is 10.1. The third-order valence-electron chi connectivity index (χ3n) is 1.67. The van der Waals surface area contributed by atoms with Crippen LogP contribution >= 0.6 is 0 Å². The molecule has 0 aliphatic rings. The molecule has 0 saturated heterocycles. The number of carboxylic acids is 3. The average Bonchev–Trinajstić information content (AvgIpc) is 2.25. The Balaban J connectivity index is 0.000000621. The van der Waals surface area contributed by atoms with Crippen LogP contribution in [0.4, 0.5) is 0 Å². The number of benzene rings is 1. The van der Waals surface area contributed by atoms with E-state index in [9.17, 15) is 14.4 Å². The summed E-state index contributed by atoms with van der Waals surface area (Å²) in [5.41, 5.74) is 4.25. The summed E-state index contributed by atoms with van der Waals surface area (Å²) in [6.45, 7) is 5.90. The first-order chi connectivity index (χ1) is 8.91. The molecule has 0 aliphatic heterocycles. The van der Waals surface area contributed by atoms with Crippen LogP contribution in [-0.2, 0) is 0 Å². The number of hydrogen-bond acceptors (Lipinski definition) is 4. The van der Waals surface area contributed by atoms with E-state index in [1.807, 2.05) is 20.8 Å². The zero-order valence-electron chi connectivity index (χ0n) is 11.4. The molecule has 110 valence electrons. The normalized spacial score (nSPS) is 10.2. The Hall–Kier alpha value is -2.41. The molecule has 0 fully saturated rings. The lowest BCUT2D eigenvalue weighted by Crippen LogP contribution is -2.26. The van der Waals surface area contributed by atoms with Gasteiger partial charge in [0.25, 0.3) is 0 Å². The molecule has 0 aliphatic carbocycles. The molecule has 7 nitrogen and oxygen atoms in total. The van der Waals surface area contributed by atoms with E-state index in [4.69, 9.17) is 21.1 Å². The maximum absolute atomic E-state index is 10.6. The molecule has 1 aromatic carbocycles. The van der Waals surface area contributed by atoms with Gasteiger partial charge >= 0.3 is 17.9 Å². The number of rotatable bonds is 3. The van der Waals surface area contributed by atoms with Crippen LogP contribution in [0.5, 0.6) is 0 Å². The summed E-state index contributed by atoms with van der Waals surface area (Å²) in [5, 5.41) is 25.8. The summed E-state index contributed by atoms with van der Waals surface area (Å²) in [7, 11) is 0. The molecule has 1 aromatic rings. The minimum Gasteiger partial charge on any atom is -0.478 e. The second kappa shape index (κ2) is 6.67. The molecule has 0 spiro atoms. The van der Waals surface area contributed by atoms with E-state index in [2.05, 4.69) is 0 Å². The Kier molecular flexibility index (Phi) is 5.86. The van der Waals surface area contributed by atoms with Crippen LogP contribution in [0.3, 0.4) is 0 Å².